The van der Waals surface area contributed by atoms with Gasteiger partial charge in [0, 0.05) is 12.1 Å². The normalized spacial score (nSPS) is 14.0. The van der Waals surface area contributed by atoms with Gasteiger partial charge in [-0.15, -0.1) is 0 Å². The molecule has 0 fully saturated rings. The van der Waals surface area contributed by atoms with E-state index >= 15 is 0 Å². The molecule has 1 atom stereocenters. The summed E-state index contributed by atoms with van der Waals surface area (Å²) >= 11 is 0. The van der Waals surface area contributed by atoms with E-state index in [1.165, 1.54) is 5.01 Å². The van der Waals surface area contributed by atoms with E-state index in [-0.39, 0.29) is 5.92 Å². The number of hydrogen-bond donors (Lipinski definition) is 2. The van der Waals surface area contributed by atoms with Gasteiger partial charge in [-0.1, -0.05) is 62.4 Å². The Morgan fingerprint density at radius 3 is 2.32 bits per heavy atom. The summed E-state index contributed by atoms with van der Waals surface area (Å²) in [7, 11) is 0. The number of urea groups is 1. The first kappa shape index (κ1) is 22.0. The molecule has 31 heavy (non-hydrogen) atoms. The highest BCUT2D eigenvalue weighted by Gasteiger charge is 2.28. The molecule has 1 aliphatic rings. The molecule has 2 N–H and O–H groups in total. The highest BCUT2D eigenvalue weighted by molar-refractivity contribution is 6.02. The van der Waals surface area contributed by atoms with Crippen molar-refractivity contribution in [2.45, 2.75) is 26.3 Å². The standard InChI is InChI=1S/C23H26N4O4/c1-16(2)21(25-23(30)24-18-11-7-4-8-12-18)22(29)31-15-20(28)27-14-13-19(26-27)17-9-5-3-6-10-17/h3-12,16,21H,13-15H2,1-2H3,(H2,24,25,30)/t21-/m1/s1. The van der Waals surface area contributed by atoms with Gasteiger partial charge in [-0.3, -0.25) is 4.79 Å². The van der Waals surface area contributed by atoms with Crippen molar-refractivity contribution < 1.29 is 19.1 Å². The fraction of sp³-hybridized carbons (Fsp3) is 0.304. The molecule has 3 rings (SSSR count). The third-order valence-corrected chi connectivity index (χ3v) is 4.77. The van der Waals surface area contributed by atoms with Crippen LogP contribution in [0.5, 0.6) is 0 Å². The number of carbonyl (C=O) groups excluding carboxylic acids is 3. The van der Waals surface area contributed by atoms with Crippen LogP contribution in [0.25, 0.3) is 0 Å². The zero-order valence-electron chi connectivity index (χ0n) is 17.6. The smallest absolute Gasteiger partial charge is 0.329 e. The molecule has 0 radical (unpaired) electrons. The lowest BCUT2D eigenvalue weighted by Gasteiger charge is -2.21. The molecule has 3 amide bonds. The quantitative estimate of drug-likeness (QED) is 0.670. The Balaban J connectivity index is 1.52. The molecule has 2 aromatic carbocycles. The van der Waals surface area contributed by atoms with E-state index in [1.54, 1.807) is 38.1 Å². The van der Waals surface area contributed by atoms with Gasteiger partial charge in [-0.05, 0) is 23.6 Å². The number of hydrogen-bond acceptors (Lipinski definition) is 5. The second kappa shape index (κ2) is 10.4. The first-order valence-electron chi connectivity index (χ1n) is 10.2. The number of hydrazone groups is 1. The van der Waals surface area contributed by atoms with E-state index in [9.17, 15) is 14.4 Å². The van der Waals surface area contributed by atoms with Crippen LogP contribution in [-0.4, -0.2) is 47.8 Å². The Morgan fingerprint density at radius 2 is 1.68 bits per heavy atom. The van der Waals surface area contributed by atoms with Crippen molar-refractivity contribution in [3.8, 4) is 0 Å². The number of ether oxygens (including phenoxy) is 1. The minimum atomic E-state index is -0.890. The zero-order valence-corrected chi connectivity index (χ0v) is 17.6. The van der Waals surface area contributed by atoms with Crippen LogP contribution in [0, 0.1) is 5.92 Å². The van der Waals surface area contributed by atoms with Gasteiger partial charge in [-0.25, -0.2) is 14.6 Å². The van der Waals surface area contributed by atoms with Crippen molar-refractivity contribution in [1.29, 1.82) is 0 Å². The first-order valence-corrected chi connectivity index (χ1v) is 10.2. The maximum Gasteiger partial charge on any atom is 0.329 e. The summed E-state index contributed by atoms with van der Waals surface area (Å²) < 4.78 is 5.19. The summed E-state index contributed by atoms with van der Waals surface area (Å²) in [6, 6.07) is 17.1. The van der Waals surface area contributed by atoms with E-state index in [0.717, 1.165) is 11.3 Å². The summed E-state index contributed by atoms with van der Waals surface area (Å²) in [4.78, 5) is 37.2. The fourth-order valence-electron chi connectivity index (χ4n) is 3.10. The third kappa shape index (κ3) is 6.15. The average molecular weight is 422 g/mol. The van der Waals surface area contributed by atoms with Gasteiger partial charge in [0.05, 0.1) is 12.3 Å². The Hall–Kier alpha value is -3.68. The summed E-state index contributed by atoms with van der Waals surface area (Å²) in [5, 5.41) is 10.9. The van der Waals surface area contributed by atoms with Gasteiger partial charge >= 0.3 is 12.0 Å². The van der Waals surface area contributed by atoms with Crippen LogP contribution in [0.15, 0.2) is 65.8 Å². The van der Waals surface area contributed by atoms with Gasteiger partial charge in [0.15, 0.2) is 6.61 Å². The Labute approximate surface area is 181 Å². The number of esters is 1. The lowest BCUT2D eigenvalue weighted by molar-refractivity contribution is -0.154. The summed E-state index contributed by atoms with van der Waals surface area (Å²) in [5.41, 5.74) is 2.38. The lowest BCUT2D eigenvalue weighted by Crippen LogP contribution is -2.47. The van der Waals surface area contributed by atoms with E-state index < -0.39 is 30.6 Å². The minimum absolute atomic E-state index is 0.224. The Morgan fingerprint density at radius 1 is 1.03 bits per heavy atom. The van der Waals surface area contributed by atoms with Gasteiger partial charge in [0.25, 0.3) is 5.91 Å². The molecule has 0 aromatic heterocycles. The lowest BCUT2D eigenvalue weighted by atomic mass is 10.1. The van der Waals surface area contributed by atoms with Crippen LogP contribution >= 0.6 is 0 Å². The summed E-state index contributed by atoms with van der Waals surface area (Å²) in [6.45, 7) is 3.57. The number of amides is 3. The van der Waals surface area contributed by atoms with Crippen LogP contribution in [0.2, 0.25) is 0 Å². The monoisotopic (exact) mass is 422 g/mol. The number of anilines is 1. The minimum Gasteiger partial charge on any atom is -0.454 e. The molecule has 0 aliphatic carbocycles. The molecule has 0 saturated carbocycles. The van der Waals surface area contributed by atoms with Crippen LogP contribution in [-0.2, 0) is 14.3 Å². The number of rotatable bonds is 7. The number of nitrogens with zero attached hydrogens (tertiary/aromatic N) is 2. The molecule has 8 heteroatoms. The highest BCUT2D eigenvalue weighted by atomic mass is 16.5. The topological polar surface area (TPSA) is 100 Å². The van der Waals surface area contributed by atoms with Crippen LogP contribution in [0.4, 0.5) is 10.5 Å². The maximum absolute atomic E-state index is 12.5. The van der Waals surface area contributed by atoms with Crippen molar-refractivity contribution in [3.05, 3.63) is 66.2 Å². The van der Waals surface area contributed by atoms with Crippen molar-refractivity contribution in [1.82, 2.24) is 10.3 Å². The molecule has 162 valence electrons. The fourth-order valence-corrected chi connectivity index (χ4v) is 3.10. The maximum atomic E-state index is 12.5. The first-order chi connectivity index (χ1) is 14.9. The van der Waals surface area contributed by atoms with Crippen LogP contribution in [0.3, 0.4) is 0 Å². The van der Waals surface area contributed by atoms with Crippen molar-refractivity contribution in [3.63, 3.8) is 0 Å². The SMILES string of the molecule is CC(C)[C@@H](NC(=O)Nc1ccccc1)C(=O)OCC(=O)N1CCC(c2ccccc2)=N1. The second-order valence-electron chi connectivity index (χ2n) is 7.47. The predicted octanol–water partition coefficient (Wildman–Crippen LogP) is 3.01. The number of benzene rings is 2. The number of nitrogens with one attached hydrogen (secondary N) is 2. The molecule has 8 nitrogen and oxygen atoms in total. The largest absolute Gasteiger partial charge is 0.454 e. The molecule has 1 aliphatic heterocycles. The van der Waals surface area contributed by atoms with E-state index in [4.69, 9.17) is 4.74 Å². The molecular weight excluding hydrogens is 396 g/mol. The number of para-hydroxylation sites is 1. The van der Waals surface area contributed by atoms with E-state index in [0.29, 0.717) is 18.7 Å². The second-order valence-corrected chi connectivity index (χ2v) is 7.47. The van der Waals surface area contributed by atoms with Gasteiger partial charge in [0.1, 0.15) is 6.04 Å². The number of carbonyl (C=O) groups is 3. The van der Waals surface area contributed by atoms with E-state index in [1.807, 2.05) is 36.4 Å². The van der Waals surface area contributed by atoms with Crippen molar-refractivity contribution >= 4 is 29.3 Å². The summed E-state index contributed by atoms with van der Waals surface area (Å²) in [6.07, 6.45) is 0.638. The molecule has 0 unspecified atom stereocenters. The van der Waals surface area contributed by atoms with Crippen molar-refractivity contribution in [2.75, 3.05) is 18.5 Å². The van der Waals surface area contributed by atoms with Crippen LogP contribution < -0.4 is 10.6 Å². The average Bonchev–Trinajstić information content (AvgIpc) is 3.27. The molecule has 1 heterocycles. The molecular formula is C23H26N4O4. The third-order valence-electron chi connectivity index (χ3n) is 4.77. The molecule has 2 aromatic rings. The van der Waals surface area contributed by atoms with Gasteiger partial charge < -0.3 is 15.4 Å². The van der Waals surface area contributed by atoms with Crippen molar-refractivity contribution in [2.24, 2.45) is 11.0 Å². The zero-order chi connectivity index (χ0) is 22.2. The predicted molar refractivity (Wildman–Crippen MR) is 117 cm³/mol. The van der Waals surface area contributed by atoms with Gasteiger partial charge in [0.2, 0.25) is 0 Å². The molecule has 0 spiro atoms. The summed E-state index contributed by atoms with van der Waals surface area (Å²) in [5.74, 6) is -1.30. The van der Waals surface area contributed by atoms with E-state index in [2.05, 4.69) is 15.7 Å². The Kier molecular flexibility index (Phi) is 7.37. The van der Waals surface area contributed by atoms with Gasteiger partial charge in [-0.2, -0.15) is 5.10 Å². The molecule has 0 saturated heterocycles. The highest BCUT2D eigenvalue weighted by Crippen LogP contribution is 2.14. The Bertz CT molecular complexity index is 945. The van der Waals surface area contributed by atoms with Crippen LogP contribution in [0.1, 0.15) is 25.8 Å². The molecule has 0 bridgehead atoms.